The summed E-state index contributed by atoms with van der Waals surface area (Å²) in [5.41, 5.74) is 0. The highest BCUT2D eigenvalue weighted by atomic mass is 19.5. The summed E-state index contributed by atoms with van der Waals surface area (Å²) >= 11 is 0. The van der Waals surface area contributed by atoms with Crippen molar-refractivity contribution in [2.24, 2.45) is 0 Å². The molecule has 0 atom stereocenters. The minimum Gasteiger partial charge on any atom is -0.418 e. The van der Waals surface area contributed by atoms with Crippen LogP contribution in [0, 0.1) is 0 Å². The predicted octanol–water partition coefficient (Wildman–Crippen LogP) is 1.41. The molecule has 0 aromatic rings. The maximum absolute atomic E-state index is 9.75. The predicted molar refractivity (Wildman–Crippen MR) is 24.1 cm³/mol. The molecule has 0 amide bonds. The first kappa shape index (κ1) is 10.7. The van der Waals surface area contributed by atoms with E-state index in [0.29, 0.717) is 0 Å². The Morgan fingerprint density at radius 2 is 1.38 bits per heavy atom. The van der Waals surface area contributed by atoms with Crippen molar-refractivity contribution in [3.8, 4) is 0 Å². The highest BCUT2D eigenvalue weighted by Gasteiger charge is 2.20. The fourth-order valence-electron chi connectivity index (χ4n) is 0. The molecule has 0 heterocycles. The molecule has 0 aliphatic carbocycles. The molecule has 0 unspecified atom stereocenters. The van der Waals surface area contributed by atoms with Gasteiger partial charge < -0.3 is 22.4 Å². The zero-order valence-electron chi connectivity index (χ0n) is 5.24. The molecule has 0 aromatic heterocycles. The Kier molecular flexibility index (Phi) is 6.53. The number of aliphatic hydroxyl groups excluding tert-OH is 1. The Labute approximate surface area is 45.9 Å². The second-order valence-corrected chi connectivity index (χ2v) is 0.811. The second-order valence-electron chi connectivity index (χ2n) is 0.811. The molecule has 6 heteroatoms. The van der Waals surface area contributed by atoms with Gasteiger partial charge in [0, 0.05) is 6.61 Å². The monoisotopic (exact) mass is 134 g/mol. The summed E-state index contributed by atoms with van der Waals surface area (Å²) in [6, 6.07) is 0. The van der Waals surface area contributed by atoms with Gasteiger partial charge in [0.1, 0.15) is 0 Å². The Balaban J connectivity index is -0.0000000800. The Bertz CT molecular complexity index is 42.3. The number of aliphatic hydroxyl groups is 1. The normalized spacial score (nSPS) is 9.75. The third kappa shape index (κ3) is 1990. The van der Waals surface area contributed by atoms with Crippen LogP contribution in [-0.2, 0) is 0 Å². The van der Waals surface area contributed by atoms with Gasteiger partial charge in [-0.15, -0.1) is 0 Å². The van der Waals surface area contributed by atoms with Crippen molar-refractivity contribution in [1.29, 1.82) is 0 Å². The van der Waals surface area contributed by atoms with Crippen LogP contribution in [0.3, 0.4) is 0 Å². The molecule has 0 spiro atoms. The summed E-state index contributed by atoms with van der Waals surface area (Å²) in [6.45, 7) is 1.93. The zero-order valence-corrected chi connectivity index (χ0v) is 4.24. The highest BCUT2D eigenvalue weighted by Crippen LogP contribution is 2.06. The van der Waals surface area contributed by atoms with Gasteiger partial charge in [0.25, 0.3) is 0 Å². The van der Waals surface area contributed by atoms with E-state index >= 15 is 0 Å². The van der Waals surface area contributed by atoms with Gasteiger partial charge in [-0.3, -0.25) is 0 Å². The molecule has 8 heavy (non-hydrogen) atoms. The summed E-state index contributed by atoms with van der Waals surface area (Å²) in [5.74, 6) is 0. The average molecular weight is 134 g/mol. The highest BCUT2D eigenvalue weighted by molar-refractivity contribution is 6.50. The molecule has 0 saturated heterocycles. The van der Waals surface area contributed by atoms with E-state index in [1.54, 1.807) is 6.92 Å². The van der Waals surface area contributed by atoms with Gasteiger partial charge in [0.05, 0.1) is 0 Å². The summed E-state index contributed by atoms with van der Waals surface area (Å²) in [5, 5.41) is 7.57. The van der Waals surface area contributed by atoms with Crippen molar-refractivity contribution in [2.75, 3.05) is 6.61 Å². The van der Waals surface area contributed by atoms with E-state index in [1.165, 1.54) is 0 Å². The lowest BCUT2D eigenvalue weighted by Gasteiger charge is -1.94. The third-order valence-electron chi connectivity index (χ3n) is 0. The van der Waals surface area contributed by atoms with Crippen LogP contribution in [0.1, 0.15) is 8.35 Å². The van der Waals surface area contributed by atoms with Crippen molar-refractivity contribution in [1.82, 2.24) is 0 Å². The molecule has 0 radical (unpaired) electrons. The van der Waals surface area contributed by atoms with Gasteiger partial charge in [-0.1, -0.05) is 0 Å². The largest absolute Gasteiger partial charge is 1.00 e. The number of hydrogen-bond acceptors (Lipinski definition) is 1. The van der Waals surface area contributed by atoms with Crippen molar-refractivity contribution in [3.05, 3.63) is 0 Å². The average Bonchev–Trinajstić information content (AvgIpc) is 1.27. The van der Waals surface area contributed by atoms with Crippen LogP contribution in [0.5, 0.6) is 0 Å². The Hall–Kier alpha value is -0.255. The van der Waals surface area contributed by atoms with Gasteiger partial charge in [-0.2, -0.15) is 0 Å². The molecule has 0 saturated carbocycles. The van der Waals surface area contributed by atoms with Crippen LogP contribution < -0.4 is 0 Å². The van der Waals surface area contributed by atoms with E-state index in [9.17, 15) is 17.3 Å². The third-order valence-corrected chi connectivity index (χ3v) is 0. The molecule has 1 N–H and O–H groups in total. The van der Waals surface area contributed by atoms with Crippen LogP contribution >= 0.6 is 0 Å². The van der Waals surface area contributed by atoms with Crippen LogP contribution in [0.15, 0.2) is 0 Å². The minimum atomic E-state index is -6.00. The summed E-state index contributed by atoms with van der Waals surface area (Å²) < 4.78 is 39.0. The maximum atomic E-state index is 9.75. The SMILES string of the molecule is CCO.F[B-](F)(F)F.[H+]. The first-order valence-corrected chi connectivity index (χ1v) is 1.90. The summed E-state index contributed by atoms with van der Waals surface area (Å²) in [6.07, 6.45) is 0. The molecule has 0 aromatic carbocycles. The molecule has 0 fully saturated rings. The van der Waals surface area contributed by atoms with E-state index < -0.39 is 7.25 Å². The van der Waals surface area contributed by atoms with Crippen LogP contribution in [0.25, 0.3) is 0 Å². The molecule has 0 bridgehead atoms. The van der Waals surface area contributed by atoms with Crippen LogP contribution in [0.2, 0.25) is 0 Å². The lowest BCUT2D eigenvalue weighted by atomic mass is 10.3. The number of hydrogen-bond donors (Lipinski definition) is 1. The summed E-state index contributed by atoms with van der Waals surface area (Å²) in [7, 11) is -6.00. The Morgan fingerprint density at radius 3 is 1.38 bits per heavy atom. The van der Waals surface area contributed by atoms with Gasteiger partial charge in [0.2, 0.25) is 0 Å². The first-order chi connectivity index (χ1) is 3.41. The van der Waals surface area contributed by atoms with Crippen molar-refractivity contribution >= 4 is 7.25 Å². The van der Waals surface area contributed by atoms with Gasteiger partial charge >= 0.3 is 8.68 Å². The van der Waals surface area contributed by atoms with Crippen LogP contribution in [0.4, 0.5) is 17.3 Å². The number of halogens is 4. The van der Waals surface area contributed by atoms with Crippen LogP contribution in [-0.4, -0.2) is 19.0 Å². The standard InChI is InChI=1S/C2H6O.BF4/c1-2-3;2-1(3,4)5/h3H,2H2,1H3;/q;-1/p+1. The zero-order chi connectivity index (χ0) is 7.21. The lowest BCUT2D eigenvalue weighted by Crippen LogP contribution is -2.02. The fraction of sp³-hybridized carbons (Fsp3) is 1.00. The Morgan fingerprint density at radius 1 is 1.38 bits per heavy atom. The van der Waals surface area contributed by atoms with Crippen molar-refractivity contribution < 1.29 is 23.8 Å². The van der Waals surface area contributed by atoms with E-state index in [0.717, 1.165) is 0 Å². The van der Waals surface area contributed by atoms with E-state index in [2.05, 4.69) is 0 Å². The molecule has 0 rings (SSSR count). The van der Waals surface area contributed by atoms with Gasteiger partial charge in [-0.25, -0.2) is 0 Å². The number of rotatable bonds is 0. The smallest absolute Gasteiger partial charge is 0.418 e. The maximum Gasteiger partial charge on any atom is 1.00 e. The fourth-order valence-corrected chi connectivity index (χ4v) is 0. The molecular formula is C2H7BF4O. The molecule has 0 aliphatic rings. The quantitative estimate of drug-likeness (QED) is 0.392. The van der Waals surface area contributed by atoms with Crippen molar-refractivity contribution in [3.63, 3.8) is 0 Å². The van der Waals surface area contributed by atoms with Gasteiger partial charge in [-0.05, 0) is 6.92 Å². The lowest BCUT2D eigenvalue weighted by molar-refractivity contribution is 0.318. The second kappa shape index (κ2) is 4.89. The first-order valence-electron chi connectivity index (χ1n) is 1.90. The van der Waals surface area contributed by atoms with E-state index in [-0.39, 0.29) is 8.03 Å². The molecule has 52 valence electrons. The van der Waals surface area contributed by atoms with Gasteiger partial charge in [0.15, 0.2) is 0 Å². The topological polar surface area (TPSA) is 20.2 Å². The summed E-state index contributed by atoms with van der Waals surface area (Å²) in [4.78, 5) is 0. The molecule has 1 nitrogen and oxygen atoms in total. The van der Waals surface area contributed by atoms with Crippen molar-refractivity contribution in [2.45, 2.75) is 6.92 Å². The molecule has 0 aliphatic heterocycles. The van der Waals surface area contributed by atoms with E-state index in [1.807, 2.05) is 0 Å². The molecular weight excluding hydrogens is 127 g/mol. The van der Waals surface area contributed by atoms with E-state index in [4.69, 9.17) is 5.11 Å². The minimum absolute atomic E-state index is 0.